The van der Waals surface area contributed by atoms with Crippen LogP contribution in [0.3, 0.4) is 0 Å². The molecule has 0 bridgehead atoms. The van der Waals surface area contributed by atoms with Crippen LogP contribution in [0.4, 0.5) is 0 Å². The van der Waals surface area contributed by atoms with E-state index in [0.29, 0.717) is 18.2 Å². The Hall–Kier alpha value is -1.22. The minimum Gasteiger partial charge on any atom is -0.332 e. The summed E-state index contributed by atoms with van der Waals surface area (Å²) in [5.74, 6) is 0.0818. The molecule has 0 heterocycles. The largest absolute Gasteiger partial charge is 0.332 e. The second-order valence-electron chi connectivity index (χ2n) is 4.03. The second kappa shape index (κ2) is 4.74. The lowest BCUT2D eigenvalue weighted by Gasteiger charge is -2.20. The van der Waals surface area contributed by atoms with Crippen LogP contribution in [0.25, 0.3) is 0 Å². The van der Waals surface area contributed by atoms with E-state index in [2.05, 4.69) is 19.2 Å². The Morgan fingerprint density at radius 2 is 2.31 bits per heavy atom. The van der Waals surface area contributed by atoms with Crippen LogP contribution in [0.2, 0.25) is 0 Å². The molecule has 1 fully saturated rings. The van der Waals surface area contributed by atoms with Gasteiger partial charge in [-0.15, -0.1) is 19.2 Å². The summed E-state index contributed by atoms with van der Waals surface area (Å²) in [6, 6.07) is 7.78. The summed E-state index contributed by atoms with van der Waals surface area (Å²) in [5, 5.41) is 0. The molecule has 2 nitrogen and oxygen atoms in total. The summed E-state index contributed by atoms with van der Waals surface area (Å²) in [6.45, 7) is 4.32. The van der Waals surface area contributed by atoms with Crippen LogP contribution in [-0.4, -0.2) is 23.4 Å². The normalized spacial score (nSPS) is 14.6. The summed E-state index contributed by atoms with van der Waals surface area (Å²) in [7, 11) is 0. The van der Waals surface area contributed by atoms with Gasteiger partial charge in [-0.25, -0.2) is 0 Å². The zero-order chi connectivity index (χ0) is 11.5. The van der Waals surface area contributed by atoms with Crippen molar-refractivity contribution >= 4 is 18.5 Å². The zero-order valence-electron chi connectivity index (χ0n) is 9.10. The van der Waals surface area contributed by atoms with E-state index in [1.807, 2.05) is 29.2 Å². The number of thiol groups is 1. The Balaban J connectivity index is 2.18. The van der Waals surface area contributed by atoms with Gasteiger partial charge in [0, 0.05) is 23.0 Å². The lowest BCUT2D eigenvalue weighted by Crippen LogP contribution is -2.33. The first-order valence-electron chi connectivity index (χ1n) is 5.43. The molecule has 0 aromatic heterocycles. The molecule has 1 aromatic carbocycles. The summed E-state index contributed by atoms with van der Waals surface area (Å²) in [6.07, 6.45) is 4.00. The third-order valence-corrected chi connectivity index (χ3v) is 2.95. The van der Waals surface area contributed by atoms with E-state index < -0.39 is 0 Å². The highest BCUT2D eigenvalue weighted by molar-refractivity contribution is 7.80. The van der Waals surface area contributed by atoms with Crippen LogP contribution in [0.15, 0.2) is 41.8 Å². The smallest absolute Gasteiger partial charge is 0.254 e. The van der Waals surface area contributed by atoms with Crippen LogP contribution < -0.4 is 0 Å². The zero-order valence-corrected chi connectivity index (χ0v) is 9.99. The molecule has 1 amide bonds. The van der Waals surface area contributed by atoms with E-state index in [-0.39, 0.29) is 5.91 Å². The van der Waals surface area contributed by atoms with Crippen molar-refractivity contribution in [2.75, 3.05) is 6.54 Å². The monoisotopic (exact) mass is 233 g/mol. The summed E-state index contributed by atoms with van der Waals surface area (Å²) >= 11 is 4.25. The molecule has 1 saturated carbocycles. The Labute approximate surface area is 101 Å². The number of rotatable bonds is 4. The molecule has 0 spiro atoms. The van der Waals surface area contributed by atoms with Crippen molar-refractivity contribution in [1.29, 1.82) is 0 Å². The Morgan fingerprint density at radius 3 is 2.88 bits per heavy atom. The fraction of sp³-hybridized carbons (Fsp3) is 0.308. The Bertz CT molecular complexity index is 412. The molecule has 1 aromatic rings. The van der Waals surface area contributed by atoms with Crippen molar-refractivity contribution in [3.8, 4) is 0 Å². The van der Waals surface area contributed by atoms with Gasteiger partial charge in [-0.1, -0.05) is 12.1 Å². The Morgan fingerprint density at radius 1 is 1.56 bits per heavy atom. The summed E-state index contributed by atoms with van der Waals surface area (Å²) in [4.78, 5) is 14.9. The van der Waals surface area contributed by atoms with E-state index in [1.165, 1.54) is 0 Å². The predicted molar refractivity (Wildman–Crippen MR) is 67.9 cm³/mol. The van der Waals surface area contributed by atoms with Crippen LogP contribution in [-0.2, 0) is 0 Å². The van der Waals surface area contributed by atoms with Crippen LogP contribution in [0.5, 0.6) is 0 Å². The van der Waals surface area contributed by atoms with Gasteiger partial charge in [0.2, 0.25) is 0 Å². The molecule has 0 atom stereocenters. The molecule has 2 rings (SSSR count). The van der Waals surface area contributed by atoms with Crippen molar-refractivity contribution in [3.63, 3.8) is 0 Å². The van der Waals surface area contributed by atoms with Gasteiger partial charge in [-0.05, 0) is 31.0 Å². The number of carbonyl (C=O) groups is 1. The van der Waals surface area contributed by atoms with E-state index in [9.17, 15) is 4.79 Å². The molecule has 0 N–H and O–H groups in total. The molecule has 1 aliphatic rings. The second-order valence-corrected chi connectivity index (χ2v) is 4.54. The SMILES string of the molecule is C=CCN(C(=O)c1cccc(S)c1)C1CC1. The highest BCUT2D eigenvalue weighted by atomic mass is 32.1. The number of amides is 1. The van der Waals surface area contributed by atoms with Crippen molar-refractivity contribution < 1.29 is 4.79 Å². The molecule has 16 heavy (non-hydrogen) atoms. The first-order valence-corrected chi connectivity index (χ1v) is 5.88. The molecular weight excluding hydrogens is 218 g/mol. The maximum atomic E-state index is 12.2. The molecular formula is C13H15NOS. The van der Waals surface area contributed by atoms with E-state index in [4.69, 9.17) is 0 Å². The number of hydrogen-bond acceptors (Lipinski definition) is 2. The molecule has 84 valence electrons. The number of nitrogens with zero attached hydrogens (tertiary/aromatic N) is 1. The average Bonchev–Trinajstić information content (AvgIpc) is 3.09. The summed E-state index contributed by atoms with van der Waals surface area (Å²) in [5.41, 5.74) is 0.709. The first kappa shape index (κ1) is 11.3. The Kier molecular flexibility index (Phi) is 3.34. The summed E-state index contributed by atoms with van der Waals surface area (Å²) < 4.78 is 0. The van der Waals surface area contributed by atoms with Crippen molar-refractivity contribution in [2.24, 2.45) is 0 Å². The predicted octanol–water partition coefficient (Wildman–Crippen LogP) is 2.77. The number of carbonyl (C=O) groups excluding carboxylic acids is 1. The lowest BCUT2D eigenvalue weighted by atomic mass is 10.2. The minimum absolute atomic E-state index is 0.0818. The molecule has 0 saturated heterocycles. The van der Waals surface area contributed by atoms with Gasteiger partial charge in [0.05, 0.1) is 0 Å². The first-order chi connectivity index (χ1) is 7.72. The fourth-order valence-electron chi connectivity index (χ4n) is 1.73. The minimum atomic E-state index is 0.0818. The van der Waals surface area contributed by atoms with Crippen molar-refractivity contribution in [3.05, 3.63) is 42.5 Å². The standard InChI is InChI=1S/C13H15NOS/c1-2-8-14(11-6-7-11)13(15)10-4-3-5-12(16)9-10/h2-5,9,11,16H,1,6-8H2. The topological polar surface area (TPSA) is 20.3 Å². The van der Waals surface area contributed by atoms with Gasteiger partial charge in [0.25, 0.3) is 5.91 Å². The van der Waals surface area contributed by atoms with Crippen LogP contribution in [0.1, 0.15) is 23.2 Å². The number of hydrogen-bond donors (Lipinski definition) is 1. The third kappa shape index (κ3) is 2.47. The quantitative estimate of drug-likeness (QED) is 0.626. The molecule has 0 aliphatic heterocycles. The van der Waals surface area contributed by atoms with E-state index in [0.717, 1.165) is 17.7 Å². The highest BCUT2D eigenvalue weighted by Gasteiger charge is 2.32. The fourth-order valence-corrected chi connectivity index (χ4v) is 1.95. The number of benzene rings is 1. The average molecular weight is 233 g/mol. The van der Waals surface area contributed by atoms with Crippen LogP contribution >= 0.6 is 12.6 Å². The van der Waals surface area contributed by atoms with Gasteiger partial charge >= 0.3 is 0 Å². The maximum absolute atomic E-state index is 12.2. The molecule has 0 unspecified atom stereocenters. The molecule has 0 radical (unpaired) electrons. The van der Waals surface area contributed by atoms with Crippen molar-refractivity contribution in [1.82, 2.24) is 4.90 Å². The highest BCUT2D eigenvalue weighted by Crippen LogP contribution is 2.28. The van der Waals surface area contributed by atoms with Crippen LogP contribution in [0, 0.1) is 0 Å². The van der Waals surface area contributed by atoms with Gasteiger partial charge in [0.15, 0.2) is 0 Å². The van der Waals surface area contributed by atoms with Gasteiger partial charge < -0.3 is 4.90 Å². The molecule has 1 aliphatic carbocycles. The van der Waals surface area contributed by atoms with Gasteiger partial charge in [0.1, 0.15) is 0 Å². The lowest BCUT2D eigenvalue weighted by molar-refractivity contribution is 0.0762. The van der Waals surface area contributed by atoms with Gasteiger partial charge in [-0.2, -0.15) is 0 Å². The van der Waals surface area contributed by atoms with E-state index in [1.54, 1.807) is 6.08 Å². The van der Waals surface area contributed by atoms with Crippen molar-refractivity contribution in [2.45, 2.75) is 23.8 Å². The van der Waals surface area contributed by atoms with E-state index >= 15 is 0 Å². The third-order valence-electron chi connectivity index (χ3n) is 2.67. The maximum Gasteiger partial charge on any atom is 0.254 e. The molecule has 3 heteroatoms. The van der Waals surface area contributed by atoms with Gasteiger partial charge in [-0.3, -0.25) is 4.79 Å².